The second kappa shape index (κ2) is 5.34. The molecule has 1 aromatic heterocycles. The molecule has 7 heteroatoms. The number of carbonyl (C=O) groups excluding carboxylic acids is 1. The Labute approximate surface area is 120 Å². The number of halogens is 1. The molecular weight excluding hydrogens is 282 g/mol. The fourth-order valence-corrected chi connectivity index (χ4v) is 1.99. The maximum Gasteiger partial charge on any atom is 0.337 e. The zero-order chi connectivity index (χ0) is 14.9. The van der Waals surface area contributed by atoms with Gasteiger partial charge in [-0.2, -0.15) is 5.10 Å². The van der Waals surface area contributed by atoms with Gasteiger partial charge < -0.3 is 10.4 Å². The van der Waals surface area contributed by atoms with Crippen molar-refractivity contribution in [2.24, 2.45) is 7.05 Å². The van der Waals surface area contributed by atoms with E-state index < -0.39 is 11.9 Å². The van der Waals surface area contributed by atoms with Crippen molar-refractivity contribution in [3.63, 3.8) is 0 Å². The molecule has 0 aliphatic heterocycles. The van der Waals surface area contributed by atoms with Crippen LogP contribution in [-0.2, 0) is 7.05 Å². The number of rotatable bonds is 3. The molecule has 104 valence electrons. The first-order valence-electron chi connectivity index (χ1n) is 5.73. The van der Waals surface area contributed by atoms with Crippen molar-refractivity contribution in [1.82, 2.24) is 9.78 Å². The van der Waals surface area contributed by atoms with Crippen LogP contribution in [0.2, 0.25) is 5.02 Å². The first kappa shape index (κ1) is 14.1. The van der Waals surface area contributed by atoms with Gasteiger partial charge in [-0.1, -0.05) is 11.6 Å². The normalized spacial score (nSPS) is 10.3. The molecule has 0 atom stereocenters. The second-order valence-electron chi connectivity index (χ2n) is 4.25. The maximum absolute atomic E-state index is 12.1. The van der Waals surface area contributed by atoms with Gasteiger partial charge in [-0.05, 0) is 25.1 Å². The van der Waals surface area contributed by atoms with Crippen molar-refractivity contribution in [3.8, 4) is 0 Å². The zero-order valence-corrected chi connectivity index (χ0v) is 11.6. The summed E-state index contributed by atoms with van der Waals surface area (Å²) < 4.78 is 1.52. The highest BCUT2D eigenvalue weighted by Gasteiger charge is 2.17. The van der Waals surface area contributed by atoms with E-state index in [-0.39, 0.29) is 16.3 Å². The summed E-state index contributed by atoms with van der Waals surface area (Å²) in [6.07, 6.45) is 1.57. The molecule has 1 amide bonds. The molecule has 0 saturated carbocycles. The fourth-order valence-electron chi connectivity index (χ4n) is 1.81. The van der Waals surface area contributed by atoms with Gasteiger partial charge >= 0.3 is 5.97 Å². The SMILES string of the molecule is Cc1nn(C)cc1C(=O)Nc1ccc(Cl)cc1C(=O)O. The Bertz CT molecular complexity index is 694. The third-order valence-corrected chi connectivity index (χ3v) is 2.95. The minimum Gasteiger partial charge on any atom is -0.478 e. The number of benzene rings is 1. The van der Waals surface area contributed by atoms with Crippen molar-refractivity contribution in [3.05, 3.63) is 46.2 Å². The molecule has 1 heterocycles. The van der Waals surface area contributed by atoms with Crippen LogP contribution in [0.4, 0.5) is 5.69 Å². The second-order valence-corrected chi connectivity index (χ2v) is 4.69. The van der Waals surface area contributed by atoms with E-state index in [1.54, 1.807) is 20.2 Å². The molecule has 0 aliphatic rings. The van der Waals surface area contributed by atoms with Crippen LogP contribution >= 0.6 is 11.6 Å². The van der Waals surface area contributed by atoms with E-state index in [4.69, 9.17) is 16.7 Å². The molecule has 0 aliphatic carbocycles. The number of nitrogens with zero attached hydrogens (tertiary/aromatic N) is 2. The van der Waals surface area contributed by atoms with Gasteiger partial charge in [0.15, 0.2) is 0 Å². The number of carboxylic acid groups (broad SMARTS) is 1. The lowest BCUT2D eigenvalue weighted by Gasteiger charge is -2.08. The molecule has 2 N–H and O–H groups in total. The van der Waals surface area contributed by atoms with E-state index in [2.05, 4.69) is 10.4 Å². The lowest BCUT2D eigenvalue weighted by atomic mass is 10.1. The van der Waals surface area contributed by atoms with Crippen molar-refractivity contribution < 1.29 is 14.7 Å². The Morgan fingerprint density at radius 2 is 2.05 bits per heavy atom. The van der Waals surface area contributed by atoms with Crippen LogP contribution in [0.3, 0.4) is 0 Å². The number of nitrogens with one attached hydrogen (secondary N) is 1. The molecule has 20 heavy (non-hydrogen) atoms. The van der Waals surface area contributed by atoms with Crippen molar-refractivity contribution >= 4 is 29.2 Å². The summed E-state index contributed by atoms with van der Waals surface area (Å²) in [6.45, 7) is 1.70. The summed E-state index contributed by atoms with van der Waals surface area (Å²) in [5.41, 5.74) is 1.08. The van der Waals surface area contributed by atoms with Crippen LogP contribution in [0.25, 0.3) is 0 Å². The number of aromatic nitrogens is 2. The maximum atomic E-state index is 12.1. The molecule has 2 aromatic rings. The van der Waals surface area contributed by atoms with Crippen LogP contribution in [0.15, 0.2) is 24.4 Å². The van der Waals surface area contributed by atoms with Gasteiger partial charge in [0.25, 0.3) is 5.91 Å². The average Bonchev–Trinajstić information content (AvgIpc) is 2.70. The molecule has 0 fully saturated rings. The van der Waals surface area contributed by atoms with Gasteiger partial charge in [0, 0.05) is 18.3 Å². The third-order valence-electron chi connectivity index (χ3n) is 2.72. The van der Waals surface area contributed by atoms with Gasteiger partial charge in [0.2, 0.25) is 0 Å². The number of aromatic carboxylic acids is 1. The van der Waals surface area contributed by atoms with Crippen LogP contribution in [0.5, 0.6) is 0 Å². The quantitative estimate of drug-likeness (QED) is 0.909. The third kappa shape index (κ3) is 2.80. The zero-order valence-electron chi connectivity index (χ0n) is 10.8. The summed E-state index contributed by atoms with van der Waals surface area (Å²) in [5.74, 6) is -1.58. The smallest absolute Gasteiger partial charge is 0.337 e. The Morgan fingerprint density at radius 1 is 1.35 bits per heavy atom. The molecular formula is C13H12ClN3O3. The first-order valence-corrected chi connectivity index (χ1v) is 6.10. The van der Waals surface area contributed by atoms with E-state index in [0.29, 0.717) is 11.3 Å². The van der Waals surface area contributed by atoms with E-state index in [1.807, 2.05) is 0 Å². The number of hydrogen-bond donors (Lipinski definition) is 2. The summed E-state index contributed by atoms with van der Waals surface area (Å²) in [5, 5.41) is 16.0. The molecule has 1 aromatic carbocycles. The monoisotopic (exact) mass is 293 g/mol. The minimum atomic E-state index is -1.16. The highest BCUT2D eigenvalue weighted by Crippen LogP contribution is 2.21. The van der Waals surface area contributed by atoms with Crippen molar-refractivity contribution in [1.29, 1.82) is 0 Å². The van der Waals surface area contributed by atoms with E-state index in [1.165, 1.54) is 22.9 Å². The van der Waals surface area contributed by atoms with Gasteiger partial charge in [-0.25, -0.2) is 4.79 Å². The number of hydrogen-bond acceptors (Lipinski definition) is 3. The fraction of sp³-hybridized carbons (Fsp3) is 0.154. The van der Waals surface area contributed by atoms with Crippen molar-refractivity contribution in [2.45, 2.75) is 6.92 Å². The van der Waals surface area contributed by atoms with Gasteiger partial charge in [-0.15, -0.1) is 0 Å². The van der Waals surface area contributed by atoms with E-state index in [0.717, 1.165) is 0 Å². The van der Waals surface area contributed by atoms with Gasteiger partial charge in [0.05, 0.1) is 22.5 Å². The Morgan fingerprint density at radius 3 is 2.60 bits per heavy atom. The number of amides is 1. The average molecular weight is 294 g/mol. The van der Waals surface area contributed by atoms with Crippen LogP contribution in [0.1, 0.15) is 26.4 Å². The molecule has 2 rings (SSSR count). The van der Waals surface area contributed by atoms with Crippen LogP contribution in [0, 0.1) is 6.92 Å². The Kier molecular flexibility index (Phi) is 3.76. The number of aryl methyl sites for hydroxylation is 2. The topological polar surface area (TPSA) is 84.2 Å². The molecule has 0 unspecified atom stereocenters. The van der Waals surface area contributed by atoms with E-state index >= 15 is 0 Å². The van der Waals surface area contributed by atoms with Crippen LogP contribution < -0.4 is 5.32 Å². The molecule has 0 radical (unpaired) electrons. The molecule has 0 bridgehead atoms. The van der Waals surface area contributed by atoms with E-state index in [9.17, 15) is 9.59 Å². The summed E-state index contributed by atoms with van der Waals surface area (Å²) >= 11 is 5.75. The predicted octanol–water partition coefficient (Wildman–Crippen LogP) is 2.33. The number of anilines is 1. The van der Waals surface area contributed by atoms with Gasteiger partial charge in [-0.3, -0.25) is 9.48 Å². The van der Waals surface area contributed by atoms with Crippen LogP contribution in [-0.4, -0.2) is 26.8 Å². The standard InChI is InChI=1S/C13H12ClN3O3/c1-7-10(6-17(2)16-7)12(18)15-11-4-3-8(14)5-9(11)13(19)20/h3-6H,1-2H3,(H,15,18)(H,19,20). The highest BCUT2D eigenvalue weighted by molar-refractivity contribution is 6.31. The summed E-state index contributed by atoms with van der Waals surface area (Å²) in [4.78, 5) is 23.3. The molecule has 6 nitrogen and oxygen atoms in total. The first-order chi connectivity index (χ1) is 9.38. The number of carbonyl (C=O) groups is 2. The lowest BCUT2D eigenvalue weighted by molar-refractivity contribution is 0.0698. The summed E-state index contributed by atoms with van der Waals surface area (Å²) in [7, 11) is 1.70. The molecule has 0 saturated heterocycles. The number of carboxylic acids is 1. The predicted molar refractivity (Wildman–Crippen MR) is 74.3 cm³/mol. The summed E-state index contributed by atoms with van der Waals surface area (Å²) in [6, 6.07) is 4.25. The Balaban J connectivity index is 2.33. The molecule has 0 spiro atoms. The van der Waals surface area contributed by atoms with Gasteiger partial charge in [0.1, 0.15) is 0 Å². The largest absolute Gasteiger partial charge is 0.478 e. The Hall–Kier alpha value is -2.34. The van der Waals surface area contributed by atoms with Crippen molar-refractivity contribution in [2.75, 3.05) is 5.32 Å². The lowest BCUT2D eigenvalue weighted by Crippen LogP contribution is -2.15. The minimum absolute atomic E-state index is 0.0626. The highest BCUT2D eigenvalue weighted by atomic mass is 35.5.